The van der Waals surface area contributed by atoms with E-state index in [0.717, 1.165) is 48.5 Å². The van der Waals surface area contributed by atoms with Gasteiger partial charge in [-0.15, -0.1) is 10.2 Å². The number of amides is 3. The number of piperidine rings is 1. The van der Waals surface area contributed by atoms with Crippen molar-refractivity contribution >= 4 is 29.6 Å². The molecule has 0 spiro atoms. The van der Waals surface area contributed by atoms with Crippen LogP contribution in [0, 0.1) is 0 Å². The summed E-state index contributed by atoms with van der Waals surface area (Å²) in [5, 5.41) is 12.3. The first-order chi connectivity index (χ1) is 14.7. The third kappa shape index (κ3) is 4.23. The van der Waals surface area contributed by atoms with Gasteiger partial charge in [-0.05, 0) is 37.8 Å². The topological polar surface area (TPSA) is 92.6 Å². The molecule has 2 aliphatic rings. The average molecular weight is 431 g/mol. The van der Waals surface area contributed by atoms with E-state index in [2.05, 4.69) is 25.0 Å². The van der Waals surface area contributed by atoms with Gasteiger partial charge in [0.15, 0.2) is 5.16 Å². The van der Waals surface area contributed by atoms with Gasteiger partial charge in [-0.3, -0.25) is 14.3 Å². The number of urea groups is 1. The molecule has 3 heterocycles. The lowest BCUT2D eigenvalue weighted by molar-refractivity contribution is -0.124. The van der Waals surface area contributed by atoms with Gasteiger partial charge >= 0.3 is 6.03 Å². The van der Waals surface area contributed by atoms with E-state index in [1.54, 1.807) is 18.9 Å². The summed E-state index contributed by atoms with van der Waals surface area (Å²) in [5.74, 6) is 2.13. The molecule has 0 bridgehead atoms. The van der Waals surface area contributed by atoms with Crippen LogP contribution in [0.25, 0.3) is 5.69 Å². The minimum atomic E-state index is -0.311. The van der Waals surface area contributed by atoms with Gasteiger partial charge in [-0.1, -0.05) is 23.9 Å². The molecule has 9 nitrogen and oxygen atoms in total. The number of nitrogens with one attached hydrogen (secondary N) is 1. The molecule has 30 heavy (non-hydrogen) atoms. The molecule has 0 atom stereocenters. The predicted molar refractivity (Wildman–Crippen MR) is 114 cm³/mol. The van der Waals surface area contributed by atoms with Gasteiger partial charge in [-0.25, -0.2) is 4.79 Å². The van der Waals surface area contributed by atoms with Crippen molar-refractivity contribution in [1.29, 1.82) is 0 Å². The summed E-state index contributed by atoms with van der Waals surface area (Å²) in [6, 6.07) is 7.55. The highest BCUT2D eigenvalue weighted by Gasteiger charge is 2.28. The SMILES string of the molecule is COc1ccccc1-n1c(SCCCN2C(=O)CNC2=O)nnc1N1CCCCC1. The highest BCUT2D eigenvalue weighted by molar-refractivity contribution is 7.99. The van der Waals surface area contributed by atoms with Crippen LogP contribution in [0.15, 0.2) is 29.4 Å². The van der Waals surface area contributed by atoms with Gasteiger partial charge in [0.25, 0.3) is 0 Å². The summed E-state index contributed by atoms with van der Waals surface area (Å²) in [6.45, 7) is 2.42. The Bertz CT molecular complexity index is 896. The summed E-state index contributed by atoms with van der Waals surface area (Å²) in [4.78, 5) is 27.0. The molecular weight excluding hydrogens is 404 g/mol. The van der Waals surface area contributed by atoms with Crippen molar-refractivity contribution in [3.05, 3.63) is 24.3 Å². The number of carbonyl (C=O) groups excluding carboxylic acids is 2. The fourth-order valence-electron chi connectivity index (χ4n) is 3.75. The molecule has 0 saturated carbocycles. The molecule has 4 rings (SSSR count). The number of methoxy groups -OCH3 is 1. The Balaban J connectivity index is 1.53. The summed E-state index contributed by atoms with van der Waals surface area (Å²) >= 11 is 1.57. The molecule has 3 amide bonds. The fraction of sp³-hybridized carbons (Fsp3) is 0.500. The van der Waals surface area contributed by atoms with Gasteiger partial charge in [-0.2, -0.15) is 0 Å². The Morgan fingerprint density at radius 3 is 2.67 bits per heavy atom. The number of ether oxygens (including phenoxy) is 1. The molecule has 0 aliphatic carbocycles. The van der Waals surface area contributed by atoms with Crippen LogP contribution in [0.4, 0.5) is 10.7 Å². The number of imide groups is 1. The molecule has 2 aliphatic heterocycles. The Hall–Kier alpha value is -2.75. The molecule has 0 radical (unpaired) electrons. The van der Waals surface area contributed by atoms with Crippen molar-refractivity contribution in [3.8, 4) is 11.4 Å². The number of benzene rings is 1. The standard InChI is InChI=1S/C20H26N6O3S/c1-29-16-9-4-3-8-15(16)26-18(24-10-5-2-6-11-24)22-23-20(26)30-13-7-12-25-17(27)14-21-19(25)28/h3-4,8-9H,2,5-7,10-14H2,1H3,(H,21,28). The first-order valence-electron chi connectivity index (χ1n) is 10.2. The average Bonchev–Trinajstić information content (AvgIpc) is 3.35. The van der Waals surface area contributed by atoms with E-state index in [4.69, 9.17) is 4.74 Å². The molecule has 1 aromatic carbocycles. The third-order valence-electron chi connectivity index (χ3n) is 5.28. The number of thioether (sulfide) groups is 1. The fourth-order valence-corrected chi connectivity index (χ4v) is 4.61. The lowest BCUT2D eigenvalue weighted by Gasteiger charge is -2.28. The molecule has 2 aromatic rings. The third-order valence-corrected chi connectivity index (χ3v) is 6.29. The van der Waals surface area contributed by atoms with Crippen LogP contribution in [-0.2, 0) is 4.79 Å². The minimum absolute atomic E-state index is 0.0906. The normalized spacial score (nSPS) is 16.8. The van der Waals surface area contributed by atoms with Crippen LogP contribution in [0.3, 0.4) is 0 Å². The van der Waals surface area contributed by atoms with Crippen LogP contribution in [0.5, 0.6) is 5.75 Å². The molecule has 10 heteroatoms. The summed E-state index contributed by atoms with van der Waals surface area (Å²) in [7, 11) is 1.66. The molecule has 0 unspecified atom stereocenters. The smallest absolute Gasteiger partial charge is 0.324 e. The molecule has 1 N–H and O–H groups in total. The van der Waals surface area contributed by atoms with Crippen molar-refractivity contribution in [1.82, 2.24) is 25.0 Å². The second kappa shape index (κ2) is 9.38. The highest BCUT2D eigenvalue weighted by Crippen LogP contribution is 2.33. The number of anilines is 1. The molecule has 1 aromatic heterocycles. The van der Waals surface area contributed by atoms with Crippen molar-refractivity contribution in [2.75, 3.05) is 43.9 Å². The van der Waals surface area contributed by atoms with E-state index < -0.39 is 0 Å². The van der Waals surface area contributed by atoms with E-state index >= 15 is 0 Å². The zero-order valence-electron chi connectivity index (χ0n) is 17.0. The van der Waals surface area contributed by atoms with Crippen molar-refractivity contribution in [2.24, 2.45) is 0 Å². The van der Waals surface area contributed by atoms with E-state index in [0.29, 0.717) is 18.7 Å². The number of para-hydroxylation sites is 2. The van der Waals surface area contributed by atoms with E-state index in [-0.39, 0.29) is 18.5 Å². The number of nitrogens with zero attached hydrogens (tertiary/aromatic N) is 5. The number of aromatic nitrogens is 3. The Kier molecular flexibility index (Phi) is 6.41. The van der Waals surface area contributed by atoms with Crippen molar-refractivity contribution < 1.29 is 14.3 Å². The Morgan fingerprint density at radius 2 is 1.93 bits per heavy atom. The molecule has 2 fully saturated rings. The first-order valence-corrected chi connectivity index (χ1v) is 11.2. The van der Waals surface area contributed by atoms with Crippen LogP contribution in [0.2, 0.25) is 0 Å². The lowest BCUT2D eigenvalue weighted by atomic mass is 10.1. The Labute approximate surface area is 179 Å². The summed E-state index contributed by atoms with van der Waals surface area (Å²) < 4.78 is 7.65. The Morgan fingerprint density at radius 1 is 1.13 bits per heavy atom. The van der Waals surface area contributed by atoms with Gasteiger partial charge in [0.05, 0.1) is 19.3 Å². The molecular formula is C20H26N6O3S. The second-order valence-electron chi connectivity index (χ2n) is 7.24. The largest absolute Gasteiger partial charge is 0.495 e. The second-order valence-corrected chi connectivity index (χ2v) is 8.31. The maximum Gasteiger partial charge on any atom is 0.324 e. The van der Waals surface area contributed by atoms with Crippen LogP contribution in [-0.4, -0.2) is 70.6 Å². The maximum atomic E-state index is 11.7. The van der Waals surface area contributed by atoms with Crippen LogP contribution < -0.4 is 15.0 Å². The maximum absolute atomic E-state index is 11.7. The molecule has 2 saturated heterocycles. The zero-order valence-corrected chi connectivity index (χ0v) is 17.9. The van der Waals surface area contributed by atoms with E-state index in [1.807, 2.05) is 24.3 Å². The summed E-state index contributed by atoms with van der Waals surface area (Å²) in [5.41, 5.74) is 0.905. The van der Waals surface area contributed by atoms with Gasteiger partial charge < -0.3 is 15.0 Å². The van der Waals surface area contributed by atoms with E-state index in [1.165, 1.54) is 11.3 Å². The van der Waals surface area contributed by atoms with E-state index in [9.17, 15) is 9.59 Å². The lowest BCUT2D eigenvalue weighted by Crippen LogP contribution is -2.32. The van der Waals surface area contributed by atoms with Gasteiger partial charge in [0, 0.05) is 25.4 Å². The van der Waals surface area contributed by atoms with Crippen molar-refractivity contribution in [2.45, 2.75) is 30.8 Å². The highest BCUT2D eigenvalue weighted by atomic mass is 32.2. The van der Waals surface area contributed by atoms with Crippen molar-refractivity contribution in [3.63, 3.8) is 0 Å². The zero-order chi connectivity index (χ0) is 20.9. The summed E-state index contributed by atoms with van der Waals surface area (Å²) in [6.07, 6.45) is 4.21. The van der Waals surface area contributed by atoms with Gasteiger partial charge in [0.1, 0.15) is 5.75 Å². The quantitative estimate of drug-likeness (QED) is 0.390. The number of hydrogen-bond donors (Lipinski definition) is 1. The predicted octanol–water partition coefficient (Wildman–Crippen LogP) is 2.30. The monoisotopic (exact) mass is 430 g/mol. The number of carbonyl (C=O) groups is 2. The van der Waals surface area contributed by atoms with Crippen LogP contribution in [0.1, 0.15) is 25.7 Å². The minimum Gasteiger partial charge on any atom is -0.495 e. The van der Waals surface area contributed by atoms with Crippen LogP contribution >= 0.6 is 11.8 Å². The van der Waals surface area contributed by atoms with Gasteiger partial charge in [0.2, 0.25) is 11.9 Å². The first kappa shape index (κ1) is 20.5. The molecule has 160 valence electrons. The number of hydrogen-bond acceptors (Lipinski definition) is 7. The number of rotatable bonds is 8.